The van der Waals surface area contributed by atoms with Crippen molar-refractivity contribution >= 4 is 10.9 Å². The van der Waals surface area contributed by atoms with Crippen molar-refractivity contribution in [3.8, 4) is 11.5 Å². The number of ether oxygens (including phenoxy) is 2. The lowest BCUT2D eigenvalue weighted by Crippen LogP contribution is -2.36. The zero-order valence-corrected chi connectivity index (χ0v) is 22.1. The van der Waals surface area contributed by atoms with Gasteiger partial charge in [0.1, 0.15) is 0 Å². The number of hydrogen-bond donors (Lipinski definition) is 1. The number of nitrogens with zero attached hydrogens (tertiary/aromatic N) is 5. The van der Waals surface area contributed by atoms with E-state index in [4.69, 9.17) is 9.47 Å². The standard InChI is InChI=1S/C28H34N6O3/c1-6-23(26-30-31-32-34(26)28(4,5)7-2)33(15-19-9-11-24-25(13-19)37-17-36-24)16-21-14-20-10-8-18(3)12-22(20)29-27(21)35/h8-14,23H,6-7,15-17H2,1-5H3,(H,29,35)/t23-/m0/s1. The first kappa shape index (κ1) is 25.0. The Hall–Kier alpha value is -3.72. The smallest absolute Gasteiger partial charge is 0.252 e. The van der Waals surface area contributed by atoms with Crippen molar-refractivity contribution in [3.05, 3.63) is 75.3 Å². The summed E-state index contributed by atoms with van der Waals surface area (Å²) in [7, 11) is 0. The Bertz CT molecular complexity index is 1470. The molecule has 0 aliphatic carbocycles. The lowest BCUT2D eigenvalue weighted by atomic mass is 10.0. The molecular formula is C28H34N6O3. The van der Waals surface area contributed by atoms with Gasteiger partial charge in [-0.3, -0.25) is 9.69 Å². The summed E-state index contributed by atoms with van der Waals surface area (Å²) in [5.41, 5.74) is 3.38. The minimum atomic E-state index is -0.241. The van der Waals surface area contributed by atoms with Gasteiger partial charge in [0, 0.05) is 24.2 Å². The molecule has 0 unspecified atom stereocenters. The van der Waals surface area contributed by atoms with Gasteiger partial charge in [-0.1, -0.05) is 32.0 Å². The average molecular weight is 503 g/mol. The molecule has 0 amide bonds. The Morgan fingerprint density at radius 2 is 1.89 bits per heavy atom. The van der Waals surface area contributed by atoms with Crippen LogP contribution in [-0.2, 0) is 18.6 Å². The Balaban J connectivity index is 1.56. The summed E-state index contributed by atoms with van der Waals surface area (Å²) in [4.78, 5) is 18.5. The van der Waals surface area contributed by atoms with Crippen molar-refractivity contribution < 1.29 is 9.47 Å². The normalized spacial score (nSPS) is 14.0. The van der Waals surface area contributed by atoms with E-state index in [1.807, 2.05) is 48.0 Å². The number of aromatic nitrogens is 5. The van der Waals surface area contributed by atoms with Crippen molar-refractivity contribution in [2.24, 2.45) is 0 Å². The molecule has 1 N–H and O–H groups in total. The lowest BCUT2D eigenvalue weighted by molar-refractivity contribution is 0.150. The topological polar surface area (TPSA) is 98.2 Å². The van der Waals surface area contributed by atoms with E-state index in [-0.39, 0.29) is 23.9 Å². The highest BCUT2D eigenvalue weighted by molar-refractivity contribution is 5.79. The van der Waals surface area contributed by atoms with Gasteiger partial charge in [0.25, 0.3) is 5.56 Å². The van der Waals surface area contributed by atoms with Crippen molar-refractivity contribution in [1.29, 1.82) is 0 Å². The van der Waals surface area contributed by atoms with Crippen LogP contribution < -0.4 is 15.0 Å². The summed E-state index contributed by atoms with van der Waals surface area (Å²) in [5.74, 6) is 2.28. The molecule has 4 aromatic rings. The van der Waals surface area contributed by atoms with Crippen molar-refractivity contribution in [1.82, 2.24) is 30.1 Å². The first-order chi connectivity index (χ1) is 17.8. The Labute approximate surface area is 216 Å². The van der Waals surface area contributed by atoms with Crippen molar-refractivity contribution in [2.45, 2.75) is 72.1 Å². The van der Waals surface area contributed by atoms with Crippen molar-refractivity contribution in [2.75, 3.05) is 6.79 Å². The van der Waals surface area contributed by atoms with Crippen LogP contribution in [0.15, 0.2) is 47.3 Å². The average Bonchev–Trinajstić information content (AvgIpc) is 3.55. The van der Waals surface area contributed by atoms with Crippen LogP contribution >= 0.6 is 0 Å². The van der Waals surface area contributed by atoms with E-state index in [2.05, 4.69) is 59.2 Å². The second-order valence-electron chi connectivity index (χ2n) is 10.3. The summed E-state index contributed by atoms with van der Waals surface area (Å²) in [6, 6.07) is 14.0. The molecule has 0 saturated carbocycles. The second kappa shape index (κ2) is 9.97. The van der Waals surface area contributed by atoms with Gasteiger partial charge < -0.3 is 14.5 Å². The largest absolute Gasteiger partial charge is 0.454 e. The van der Waals surface area contributed by atoms with Crippen LogP contribution in [0.4, 0.5) is 0 Å². The summed E-state index contributed by atoms with van der Waals surface area (Å²) in [5, 5.41) is 13.9. The van der Waals surface area contributed by atoms with Gasteiger partial charge in [0.2, 0.25) is 6.79 Å². The number of H-pyrrole nitrogens is 1. The quantitative estimate of drug-likeness (QED) is 0.349. The molecular weight excluding hydrogens is 468 g/mol. The predicted molar refractivity (Wildman–Crippen MR) is 142 cm³/mol. The molecule has 2 aromatic carbocycles. The first-order valence-electron chi connectivity index (χ1n) is 12.8. The number of nitrogens with one attached hydrogen (secondary N) is 1. The Morgan fingerprint density at radius 3 is 2.68 bits per heavy atom. The lowest BCUT2D eigenvalue weighted by Gasteiger charge is -2.33. The number of aromatic amines is 1. The monoisotopic (exact) mass is 502 g/mol. The van der Waals surface area contributed by atoms with E-state index in [1.54, 1.807) is 0 Å². The second-order valence-corrected chi connectivity index (χ2v) is 10.3. The SMILES string of the molecule is CC[C@@H](c1nnnn1C(C)(C)CC)N(Cc1ccc2c(c1)OCO2)Cc1cc2ccc(C)cc2[nH]c1=O. The highest BCUT2D eigenvalue weighted by Crippen LogP contribution is 2.35. The van der Waals surface area contributed by atoms with Gasteiger partial charge in [0.05, 0.1) is 11.6 Å². The molecule has 0 spiro atoms. The minimum Gasteiger partial charge on any atom is -0.454 e. The molecule has 9 nitrogen and oxygen atoms in total. The van der Waals surface area contributed by atoms with E-state index >= 15 is 0 Å². The maximum absolute atomic E-state index is 13.2. The molecule has 3 heterocycles. The maximum atomic E-state index is 13.2. The van der Waals surface area contributed by atoms with E-state index in [0.29, 0.717) is 18.7 Å². The number of hydrogen-bond acceptors (Lipinski definition) is 7. The number of benzene rings is 2. The summed E-state index contributed by atoms with van der Waals surface area (Å²) in [6.07, 6.45) is 1.66. The maximum Gasteiger partial charge on any atom is 0.252 e. The van der Waals surface area contributed by atoms with Crippen molar-refractivity contribution in [3.63, 3.8) is 0 Å². The molecule has 2 aromatic heterocycles. The van der Waals surface area contributed by atoms with E-state index < -0.39 is 0 Å². The van der Waals surface area contributed by atoms with Crippen LogP contribution in [0.3, 0.4) is 0 Å². The summed E-state index contributed by atoms with van der Waals surface area (Å²) >= 11 is 0. The van der Waals surface area contributed by atoms with Gasteiger partial charge in [-0.25, -0.2) is 4.68 Å². The fourth-order valence-corrected chi connectivity index (χ4v) is 4.83. The number of fused-ring (bicyclic) bond motifs is 2. The van der Waals surface area contributed by atoms with Gasteiger partial charge in [-0.2, -0.15) is 0 Å². The predicted octanol–water partition coefficient (Wildman–Crippen LogP) is 4.85. The fraction of sp³-hybridized carbons (Fsp3) is 0.429. The molecule has 37 heavy (non-hydrogen) atoms. The van der Waals surface area contributed by atoms with Crippen LogP contribution in [0.25, 0.3) is 10.9 Å². The molecule has 9 heteroatoms. The molecule has 5 rings (SSSR count). The number of pyridine rings is 1. The molecule has 1 atom stereocenters. The van der Waals surface area contributed by atoms with E-state index in [1.165, 1.54) is 0 Å². The minimum absolute atomic E-state index is 0.0860. The summed E-state index contributed by atoms with van der Waals surface area (Å²) in [6.45, 7) is 11.8. The zero-order chi connectivity index (χ0) is 26.2. The third kappa shape index (κ3) is 4.96. The Morgan fingerprint density at radius 1 is 1.08 bits per heavy atom. The molecule has 0 bridgehead atoms. The third-order valence-electron chi connectivity index (χ3n) is 7.33. The van der Waals surface area contributed by atoms with Gasteiger partial charge in [-0.05, 0) is 84.8 Å². The molecule has 1 aliphatic rings. The number of tetrazole rings is 1. The molecule has 1 aliphatic heterocycles. The van der Waals surface area contributed by atoms with Crippen LogP contribution in [0.1, 0.15) is 69.1 Å². The first-order valence-corrected chi connectivity index (χ1v) is 12.8. The molecule has 0 saturated heterocycles. The van der Waals surface area contributed by atoms with Crippen LogP contribution in [-0.4, -0.2) is 36.9 Å². The van der Waals surface area contributed by atoms with Crippen LogP contribution in [0.5, 0.6) is 11.5 Å². The highest BCUT2D eigenvalue weighted by Gasteiger charge is 2.31. The molecule has 0 radical (unpaired) electrons. The number of rotatable bonds is 9. The third-order valence-corrected chi connectivity index (χ3v) is 7.33. The van der Waals surface area contributed by atoms with Gasteiger partial charge in [0.15, 0.2) is 17.3 Å². The van der Waals surface area contributed by atoms with Crippen LogP contribution in [0, 0.1) is 6.92 Å². The van der Waals surface area contributed by atoms with Gasteiger partial charge in [-0.15, -0.1) is 5.10 Å². The highest BCUT2D eigenvalue weighted by atomic mass is 16.7. The molecule has 194 valence electrons. The fourth-order valence-electron chi connectivity index (χ4n) is 4.83. The Kier molecular flexibility index (Phi) is 6.72. The molecule has 0 fully saturated rings. The van der Waals surface area contributed by atoms with Gasteiger partial charge >= 0.3 is 0 Å². The summed E-state index contributed by atoms with van der Waals surface area (Å²) < 4.78 is 13.1. The van der Waals surface area contributed by atoms with E-state index in [0.717, 1.165) is 52.2 Å². The number of aryl methyl sites for hydroxylation is 1. The van der Waals surface area contributed by atoms with E-state index in [9.17, 15) is 4.79 Å². The van der Waals surface area contributed by atoms with Crippen LogP contribution in [0.2, 0.25) is 0 Å². The zero-order valence-electron chi connectivity index (χ0n) is 22.1.